The second-order valence-corrected chi connectivity index (χ2v) is 4.46. The van der Waals surface area contributed by atoms with Gasteiger partial charge in [-0.2, -0.15) is 0 Å². The Morgan fingerprint density at radius 3 is 2.82 bits per heavy atom. The van der Waals surface area contributed by atoms with Crippen molar-refractivity contribution in [3.05, 3.63) is 11.8 Å². The molecule has 0 aromatic heterocycles. The molecule has 3 unspecified atom stereocenters. The maximum absolute atomic E-state index is 11.1. The summed E-state index contributed by atoms with van der Waals surface area (Å²) in [6.45, 7) is 1.27. The lowest BCUT2D eigenvalue weighted by Gasteiger charge is -2.00. The summed E-state index contributed by atoms with van der Waals surface area (Å²) in [6, 6.07) is 0. The summed E-state index contributed by atoms with van der Waals surface area (Å²) in [7, 11) is 5.67. The topological polar surface area (TPSA) is 32.3 Å². The Balaban J connectivity index is 2.52. The average Bonchev–Trinajstić information content (AvgIpc) is 2.26. The predicted molar refractivity (Wildman–Crippen MR) is 55.5 cm³/mol. The van der Waals surface area contributed by atoms with E-state index in [4.69, 9.17) is 0 Å². The number of Topliss-reactive ketones (excluding diaryl/α,β-unsaturated/α-hetero) is 1. The van der Waals surface area contributed by atoms with Gasteiger partial charge in [0.15, 0.2) is 5.78 Å². The first-order chi connectivity index (χ1) is 5.24. The Morgan fingerprint density at radius 1 is 1.64 bits per heavy atom. The Labute approximate surface area is 72.6 Å². The molecule has 3 nitrogen and oxygen atoms in total. The van der Waals surface area contributed by atoms with Gasteiger partial charge in [-0.05, 0) is 8.42 Å². The monoisotopic (exact) mass is 208 g/mol. The first kappa shape index (κ1) is 9.55. The van der Waals surface area contributed by atoms with Gasteiger partial charge in [-0.3, -0.25) is 9.46 Å². The summed E-state index contributed by atoms with van der Waals surface area (Å²) >= 11 is 0. The van der Waals surface area contributed by atoms with Gasteiger partial charge in [-0.1, -0.05) is 18.3 Å². The third-order valence-electron chi connectivity index (χ3n) is 1.41. The first-order valence-electron chi connectivity index (χ1n) is 3.17. The summed E-state index contributed by atoms with van der Waals surface area (Å²) in [5, 5.41) is 3.01. The Morgan fingerprint density at radius 2 is 2.36 bits per heavy atom. The van der Waals surface area contributed by atoms with Crippen LogP contribution in [0.2, 0.25) is 0 Å². The van der Waals surface area contributed by atoms with Crippen LogP contribution >= 0.6 is 26.7 Å². The summed E-state index contributed by atoms with van der Waals surface area (Å²) in [5.41, 5.74) is 0.870. The van der Waals surface area contributed by atoms with E-state index >= 15 is 0 Å². The minimum atomic E-state index is 0.218. The molecule has 1 aliphatic heterocycles. The number of nitrogens with one attached hydrogen (secondary N) is 1. The second kappa shape index (κ2) is 4.48. The van der Waals surface area contributed by atoms with Crippen molar-refractivity contribution in [3.63, 3.8) is 0 Å². The Hall–Kier alpha value is 0.460. The van der Waals surface area contributed by atoms with Gasteiger partial charge in [-0.25, -0.2) is 0 Å². The molecule has 3 atom stereocenters. The fourth-order valence-electron chi connectivity index (χ4n) is 0.904. The van der Waals surface area contributed by atoms with Gasteiger partial charge in [0.1, 0.15) is 0 Å². The maximum atomic E-state index is 11.1. The van der Waals surface area contributed by atoms with E-state index in [0.717, 1.165) is 12.1 Å². The van der Waals surface area contributed by atoms with Crippen molar-refractivity contribution in [2.24, 2.45) is 0 Å². The highest BCUT2D eigenvalue weighted by atomic mass is 32.0. The molecule has 6 heteroatoms. The fraction of sp³-hybridized carbons (Fsp3) is 0.400. The van der Waals surface area contributed by atoms with Gasteiger partial charge in [-0.15, -0.1) is 0 Å². The summed E-state index contributed by atoms with van der Waals surface area (Å²) in [6.07, 6.45) is 1.80. The summed E-state index contributed by atoms with van der Waals surface area (Å²) in [4.78, 5) is 11.1. The van der Waals surface area contributed by atoms with Crippen molar-refractivity contribution in [2.75, 3.05) is 13.1 Å². The van der Waals surface area contributed by atoms with Gasteiger partial charge in [0.2, 0.25) is 0 Å². The van der Waals surface area contributed by atoms with Crippen molar-refractivity contribution in [1.29, 1.82) is 0 Å². The van der Waals surface area contributed by atoms with E-state index in [2.05, 4.69) is 23.4 Å². The van der Waals surface area contributed by atoms with Crippen molar-refractivity contribution in [3.8, 4) is 0 Å². The molecule has 1 heterocycles. The third-order valence-corrected chi connectivity index (χ3v) is 2.58. The Bertz CT molecular complexity index is 194. The molecule has 1 rings (SSSR count). The molecule has 0 aromatic carbocycles. The minimum absolute atomic E-state index is 0.218. The van der Waals surface area contributed by atoms with Gasteiger partial charge in [0, 0.05) is 18.3 Å². The van der Waals surface area contributed by atoms with Crippen LogP contribution in [-0.2, 0) is 4.79 Å². The lowest BCUT2D eigenvalue weighted by Crippen LogP contribution is -2.05. The lowest BCUT2D eigenvalue weighted by atomic mass is 10.2. The normalized spacial score (nSPS) is 24.2. The van der Waals surface area contributed by atoms with Crippen LogP contribution in [0.5, 0.6) is 0 Å². The number of hydrogen-bond acceptors (Lipinski definition) is 3. The SMILES string of the molecule is O=C1CN(P)CC1=CNPP. The van der Waals surface area contributed by atoms with E-state index in [0.29, 0.717) is 15.0 Å². The molecule has 1 fully saturated rings. The molecule has 0 aromatic rings. The average molecular weight is 208 g/mol. The van der Waals surface area contributed by atoms with Crippen LogP contribution in [0.25, 0.3) is 0 Å². The van der Waals surface area contributed by atoms with E-state index < -0.39 is 0 Å². The van der Waals surface area contributed by atoms with Gasteiger partial charge >= 0.3 is 0 Å². The van der Waals surface area contributed by atoms with Crippen LogP contribution in [-0.4, -0.2) is 23.5 Å². The van der Waals surface area contributed by atoms with E-state index in [9.17, 15) is 4.79 Å². The van der Waals surface area contributed by atoms with Crippen molar-refractivity contribution in [1.82, 2.24) is 9.76 Å². The molecule has 1 aliphatic rings. The highest BCUT2D eigenvalue weighted by Crippen LogP contribution is 2.17. The molecule has 11 heavy (non-hydrogen) atoms. The molecular formula is C5H11N2OP3. The number of rotatable bonds is 2. The molecule has 1 N–H and O–H groups in total. The summed E-state index contributed by atoms with van der Waals surface area (Å²) in [5.74, 6) is 0.218. The van der Waals surface area contributed by atoms with Gasteiger partial charge in [0.05, 0.1) is 6.54 Å². The van der Waals surface area contributed by atoms with Crippen molar-refractivity contribution >= 4 is 32.5 Å². The van der Waals surface area contributed by atoms with Gasteiger partial charge in [0.25, 0.3) is 0 Å². The largest absolute Gasteiger partial charge is 0.369 e. The van der Waals surface area contributed by atoms with Crippen LogP contribution in [0, 0.1) is 0 Å². The van der Waals surface area contributed by atoms with Crippen molar-refractivity contribution < 1.29 is 4.79 Å². The molecular weight excluding hydrogens is 197 g/mol. The molecule has 0 amide bonds. The summed E-state index contributed by atoms with van der Waals surface area (Å²) < 4.78 is 1.92. The standard InChI is InChI=1S/C5H11N2OP3/c8-5-3-7(9)2-4(5)1-6-11-10/h1,6,11H,2-3,9-10H2. The molecule has 1 saturated heterocycles. The zero-order valence-corrected chi connectivity index (χ0v) is 9.31. The highest BCUT2D eigenvalue weighted by molar-refractivity contribution is 8.01. The Kier molecular flexibility index (Phi) is 3.89. The molecule has 0 spiro atoms. The molecule has 0 saturated carbocycles. The van der Waals surface area contributed by atoms with E-state index in [1.54, 1.807) is 6.20 Å². The molecule has 62 valence electrons. The van der Waals surface area contributed by atoms with E-state index in [1.165, 1.54) is 0 Å². The predicted octanol–water partition coefficient (Wildman–Crippen LogP) is 0.518. The number of hydrogen-bond donors (Lipinski definition) is 1. The van der Waals surface area contributed by atoms with Crippen LogP contribution in [0.3, 0.4) is 0 Å². The zero-order valence-electron chi connectivity index (χ0n) is 6.00. The third kappa shape index (κ3) is 2.76. The molecule has 0 aliphatic carbocycles. The highest BCUT2D eigenvalue weighted by Gasteiger charge is 2.21. The molecule has 0 radical (unpaired) electrons. The smallest absolute Gasteiger partial charge is 0.175 e. The number of ketones is 1. The number of carbonyl (C=O) groups is 1. The van der Waals surface area contributed by atoms with Crippen LogP contribution in [0.15, 0.2) is 11.8 Å². The van der Waals surface area contributed by atoms with Crippen LogP contribution in [0.1, 0.15) is 0 Å². The van der Waals surface area contributed by atoms with E-state index in [-0.39, 0.29) is 5.78 Å². The van der Waals surface area contributed by atoms with Gasteiger partial charge < -0.3 is 5.09 Å². The number of carbonyl (C=O) groups excluding carboxylic acids is 1. The van der Waals surface area contributed by atoms with Crippen LogP contribution in [0.4, 0.5) is 0 Å². The van der Waals surface area contributed by atoms with E-state index in [1.807, 2.05) is 4.67 Å². The zero-order chi connectivity index (χ0) is 8.27. The quantitative estimate of drug-likeness (QED) is 0.530. The second-order valence-electron chi connectivity index (χ2n) is 2.29. The lowest BCUT2D eigenvalue weighted by molar-refractivity contribution is -0.114. The minimum Gasteiger partial charge on any atom is -0.369 e. The number of nitrogens with zero attached hydrogens (tertiary/aromatic N) is 1. The fourth-order valence-corrected chi connectivity index (χ4v) is 1.77. The molecule has 0 bridgehead atoms. The van der Waals surface area contributed by atoms with Crippen LogP contribution < -0.4 is 5.09 Å². The first-order valence-corrected chi connectivity index (χ1v) is 6.49. The maximum Gasteiger partial charge on any atom is 0.175 e. The van der Waals surface area contributed by atoms with Crippen molar-refractivity contribution in [2.45, 2.75) is 0 Å².